The molecule has 12 atom stereocenters. The lowest BCUT2D eigenvalue weighted by Crippen LogP contribution is -2.69. The number of nitrogens with two attached hydrogens (primary N) is 1. The zero-order chi connectivity index (χ0) is 47.5. The van der Waals surface area contributed by atoms with Crippen molar-refractivity contribution in [2.75, 3.05) is 32.8 Å². The largest absolute Gasteiger partial charge is 0.474 e. The number of carbonyl (C=O) groups excluding carboxylic acids is 3. The normalized spacial score (nSPS) is 30.8. The molecule has 364 valence electrons. The molecule has 4 unspecified atom stereocenters. The predicted molar refractivity (Wildman–Crippen MR) is 231 cm³/mol. The van der Waals surface area contributed by atoms with E-state index in [1.165, 1.54) is 0 Å². The molecule has 0 bridgehead atoms. The van der Waals surface area contributed by atoms with Crippen LogP contribution in [-0.2, 0) is 38.0 Å². The van der Waals surface area contributed by atoms with Crippen LogP contribution in [0.3, 0.4) is 0 Å². The van der Waals surface area contributed by atoms with E-state index in [0.29, 0.717) is 38.2 Å². The second-order valence-electron chi connectivity index (χ2n) is 19.7. The second kappa shape index (κ2) is 23.1. The van der Waals surface area contributed by atoms with Crippen LogP contribution in [0.25, 0.3) is 0 Å². The molecule has 1 saturated carbocycles. The van der Waals surface area contributed by atoms with Crippen LogP contribution in [-0.4, -0.2) is 155 Å². The molecule has 20 nitrogen and oxygen atoms in total. The van der Waals surface area contributed by atoms with Crippen LogP contribution >= 0.6 is 0 Å². The smallest absolute Gasteiger partial charge is 0.408 e. The van der Waals surface area contributed by atoms with E-state index in [2.05, 4.69) is 33.2 Å². The molecule has 20 heteroatoms. The number of aliphatic hydroxyl groups is 4. The minimum absolute atomic E-state index is 0.0653. The van der Waals surface area contributed by atoms with E-state index in [1.807, 2.05) is 20.8 Å². The van der Waals surface area contributed by atoms with Crippen LogP contribution in [0.2, 0.25) is 0 Å². The Morgan fingerprint density at radius 1 is 0.873 bits per heavy atom. The topological polar surface area (TPSA) is 283 Å². The Morgan fingerprint density at radius 2 is 1.43 bits per heavy atom. The summed E-state index contributed by atoms with van der Waals surface area (Å²) in [6, 6.07) is -3.14. The first-order valence-electron chi connectivity index (χ1n) is 22.0. The Kier molecular flexibility index (Phi) is 19.8. The minimum Gasteiger partial charge on any atom is -0.474 e. The first kappa shape index (κ1) is 53.9. The SMILES string of the molecule is C=C(NCC[C@H](O)C(=O)NC1CC(NC(=O)OC(C)(C)C)[C@@H](O[C@H]2OC(CNCCCN)=CC[C@H]2NC(=O)OC(C)(C)C)C(O)[C@H]1O[C@H]1OC[C@](C)(O)[C@H](CC)C1O)OC(C)(C)C. The maximum Gasteiger partial charge on any atom is 0.408 e. The molecular formula is C43H78N6O14. The quantitative estimate of drug-likeness (QED) is 0.0649. The molecule has 11 N–H and O–H groups in total. The fourth-order valence-corrected chi connectivity index (χ4v) is 7.50. The van der Waals surface area contributed by atoms with Crippen molar-refractivity contribution in [2.45, 2.75) is 192 Å². The van der Waals surface area contributed by atoms with Gasteiger partial charge in [0.15, 0.2) is 12.2 Å². The number of aliphatic hydroxyl groups excluding tert-OH is 3. The van der Waals surface area contributed by atoms with Gasteiger partial charge in [-0.15, -0.1) is 0 Å². The van der Waals surface area contributed by atoms with Crippen molar-refractivity contribution in [1.29, 1.82) is 0 Å². The molecule has 3 aliphatic rings. The van der Waals surface area contributed by atoms with Gasteiger partial charge in [-0.2, -0.15) is 0 Å². The lowest BCUT2D eigenvalue weighted by atomic mass is 9.80. The van der Waals surface area contributed by atoms with E-state index in [1.54, 1.807) is 61.5 Å². The molecule has 63 heavy (non-hydrogen) atoms. The van der Waals surface area contributed by atoms with E-state index >= 15 is 0 Å². The monoisotopic (exact) mass is 903 g/mol. The third kappa shape index (κ3) is 17.8. The number of nitrogens with one attached hydrogen (secondary N) is 5. The van der Waals surface area contributed by atoms with E-state index in [-0.39, 0.29) is 38.3 Å². The summed E-state index contributed by atoms with van der Waals surface area (Å²) in [5.74, 6) is -0.780. The molecule has 0 aromatic rings. The Balaban J connectivity index is 2.02. The molecule has 2 fully saturated rings. The minimum atomic E-state index is -1.72. The molecule has 3 amide bonds. The molecule has 0 spiro atoms. The van der Waals surface area contributed by atoms with Gasteiger partial charge in [-0.1, -0.05) is 6.92 Å². The Morgan fingerprint density at radius 3 is 1.98 bits per heavy atom. The highest BCUT2D eigenvalue weighted by molar-refractivity contribution is 5.81. The fraction of sp³-hybridized carbons (Fsp3) is 0.837. The van der Waals surface area contributed by atoms with Crippen LogP contribution in [0.1, 0.15) is 108 Å². The highest BCUT2D eigenvalue weighted by atomic mass is 16.7. The summed E-state index contributed by atoms with van der Waals surface area (Å²) in [6.07, 6.45) is -8.88. The average molecular weight is 903 g/mol. The van der Waals surface area contributed by atoms with Crippen LogP contribution in [0.15, 0.2) is 24.3 Å². The molecule has 3 rings (SSSR count). The third-order valence-corrected chi connectivity index (χ3v) is 10.3. The van der Waals surface area contributed by atoms with Gasteiger partial charge in [-0.25, -0.2) is 9.59 Å². The van der Waals surface area contributed by atoms with E-state index in [0.717, 1.165) is 0 Å². The van der Waals surface area contributed by atoms with Crippen molar-refractivity contribution in [3.63, 3.8) is 0 Å². The van der Waals surface area contributed by atoms with Crippen molar-refractivity contribution in [3.05, 3.63) is 24.3 Å². The van der Waals surface area contributed by atoms with Crippen molar-refractivity contribution >= 4 is 18.1 Å². The highest BCUT2D eigenvalue weighted by Gasteiger charge is 2.53. The summed E-state index contributed by atoms with van der Waals surface area (Å²) in [5, 5.41) is 60.5. The number of alkyl carbamates (subject to hydrolysis) is 2. The first-order chi connectivity index (χ1) is 29.1. The van der Waals surface area contributed by atoms with Gasteiger partial charge in [0, 0.05) is 12.5 Å². The van der Waals surface area contributed by atoms with Crippen molar-refractivity contribution in [3.8, 4) is 0 Å². The fourth-order valence-electron chi connectivity index (χ4n) is 7.50. The molecular weight excluding hydrogens is 825 g/mol. The van der Waals surface area contributed by atoms with E-state index < -0.39 is 108 Å². The number of hydrogen-bond donors (Lipinski definition) is 10. The molecule has 2 aliphatic heterocycles. The number of rotatable bonds is 19. The lowest BCUT2D eigenvalue weighted by molar-refractivity contribution is -0.313. The Hall–Kier alpha value is -3.47. The van der Waals surface area contributed by atoms with Crippen molar-refractivity contribution in [2.24, 2.45) is 11.7 Å². The van der Waals surface area contributed by atoms with Crippen LogP contribution in [0, 0.1) is 5.92 Å². The van der Waals surface area contributed by atoms with Crippen molar-refractivity contribution < 1.29 is 68.0 Å². The van der Waals surface area contributed by atoms with Crippen LogP contribution < -0.4 is 32.3 Å². The van der Waals surface area contributed by atoms with Crippen LogP contribution in [0.5, 0.6) is 0 Å². The molecule has 0 radical (unpaired) electrons. The molecule has 2 heterocycles. The molecule has 0 aromatic heterocycles. The highest BCUT2D eigenvalue weighted by Crippen LogP contribution is 2.36. The second-order valence-corrected chi connectivity index (χ2v) is 19.7. The summed E-state index contributed by atoms with van der Waals surface area (Å²) >= 11 is 0. The summed E-state index contributed by atoms with van der Waals surface area (Å²) < 4.78 is 41.9. The maximum absolute atomic E-state index is 13.7. The van der Waals surface area contributed by atoms with Gasteiger partial charge >= 0.3 is 12.2 Å². The number of amides is 3. The molecule has 1 aliphatic carbocycles. The van der Waals surface area contributed by atoms with E-state index in [4.69, 9.17) is 38.9 Å². The first-order valence-corrected chi connectivity index (χ1v) is 22.0. The number of hydrogen-bond acceptors (Lipinski definition) is 17. The van der Waals surface area contributed by atoms with Gasteiger partial charge in [0.25, 0.3) is 0 Å². The zero-order valence-electron chi connectivity index (χ0n) is 39.2. The van der Waals surface area contributed by atoms with E-state index in [9.17, 15) is 34.8 Å². The zero-order valence-corrected chi connectivity index (χ0v) is 39.2. The van der Waals surface area contributed by atoms with Gasteiger partial charge in [0.05, 0.1) is 36.9 Å². The Labute approximate surface area is 372 Å². The summed E-state index contributed by atoms with van der Waals surface area (Å²) in [6.45, 7) is 24.2. The summed E-state index contributed by atoms with van der Waals surface area (Å²) in [5.41, 5.74) is 1.99. The van der Waals surface area contributed by atoms with Gasteiger partial charge in [-0.3, -0.25) is 4.79 Å². The predicted octanol–water partition coefficient (Wildman–Crippen LogP) is 1.48. The summed E-state index contributed by atoms with van der Waals surface area (Å²) in [4.78, 5) is 40.2. The molecule has 1 saturated heterocycles. The number of carbonyl (C=O) groups is 3. The average Bonchev–Trinajstić information content (AvgIpc) is 3.12. The van der Waals surface area contributed by atoms with Gasteiger partial charge in [0.1, 0.15) is 53.1 Å². The maximum atomic E-state index is 13.7. The summed E-state index contributed by atoms with van der Waals surface area (Å²) in [7, 11) is 0. The van der Waals surface area contributed by atoms with Gasteiger partial charge in [-0.05, 0) is 127 Å². The lowest BCUT2D eigenvalue weighted by Gasteiger charge is -2.49. The number of ether oxygens (including phenoxy) is 7. The third-order valence-electron chi connectivity index (χ3n) is 10.3. The Bertz CT molecular complexity index is 1530. The van der Waals surface area contributed by atoms with Gasteiger partial charge < -0.3 is 85.9 Å². The van der Waals surface area contributed by atoms with Gasteiger partial charge in [0.2, 0.25) is 12.2 Å². The van der Waals surface area contributed by atoms with Crippen molar-refractivity contribution in [1.82, 2.24) is 26.6 Å². The molecule has 0 aromatic carbocycles. The van der Waals surface area contributed by atoms with Crippen LogP contribution in [0.4, 0.5) is 9.59 Å². The standard InChI is InChI=1S/C43H78N6O14/c1-13-26-31(51)37(57-23-43(26,12)56)60-33-28(47-35(53)30(50)17-20-46-24(2)61-40(3,4)5)21-29(49-39(55)63-42(9,10)11)34(32(33)52)59-36-27(48-38(54)62-41(6,7)8)16-15-25(58-36)22-45-19-14-18-44/h15,26-34,36-37,45-46,50-52,56H,2,13-14,16-23,44H2,1,3-12H3,(H,47,53)(H,48,54)(H,49,55)/t26-,27-,28?,29?,30+,31?,32?,33+,34-,36-,37-,43+/m1/s1.